The Kier molecular flexibility index (Phi) is 3.42. The summed E-state index contributed by atoms with van der Waals surface area (Å²) in [4.78, 5) is 0. The second kappa shape index (κ2) is 4.60. The normalized spacial score (nSPS) is 30.2. The van der Waals surface area contributed by atoms with Gasteiger partial charge in [0.05, 0.1) is 6.61 Å². The molecule has 3 heteroatoms. The maximum absolute atomic E-state index is 5.80. The fourth-order valence-electron chi connectivity index (χ4n) is 2.42. The largest absolute Gasteiger partial charge is 0.381 e. The van der Waals surface area contributed by atoms with Crippen LogP contribution in [-0.4, -0.2) is 32.8 Å². The molecular weight excluding hydrogens is 176 g/mol. The molecule has 0 radical (unpaired) electrons. The van der Waals surface area contributed by atoms with Gasteiger partial charge in [-0.1, -0.05) is 6.42 Å². The topological polar surface area (TPSA) is 47.3 Å². The molecule has 0 spiro atoms. The van der Waals surface area contributed by atoms with Gasteiger partial charge in [0, 0.05) is 19.7 Å². The van der Waals surface area contributed by atoms with Crippen LogP contribution in [-0.2, 0) is 4.74 Å². The van der Waals surface area contributed by atoms with Crippen molar-refractivity contribution >= 4 is 0 Å². The van der Waals surface area contributed by atoms with Gasteiger partial charge in [-0.05, 0) is 37.1 Å². The second-order valence-corrected chi connectivity index (χ2v) is 4.92. The van der Waals surface area contributed by atoms with E-state index in [0.29, 0.717) is 5.41 Å². The molecule has 0 bridgehead atoms. The molecule has 3 N–H and O–H groups in total. The van der Waals surface area contributed by atoms with Crippen LogP contribution in [0.15, 0.2) is 0 Å². The molecule has 1 aliphatic carbocycles. The summed E-state index contributed by atoms with van der Waals surface area (Å²) in [7, 11) is 0. The third kappa shape index (κ3) is 2.27. The third-order valence-electron chi connectivity index (χ3n) is 3.80. The van der Waals surface area contributed by atoms with Crippen molar-refractivity contribution in [1.82, 2.24) is 5.32 Å². The molecule has 2 aliphatic rings. The Morgan fingerprint density at radius 2 is 2.29 bits per heavy atom. The zero-order valence-electron chi connectivity index (χ0n) is 8.93. The van der Waals surface area contributed by atoms with Crippen LogP contribution in [0.25, 0.3) is 0 Å². The van der Waals surface area contributed by atoms with E-state index in [-0.39, 0.29) is 0 Å². The summed E-state index contributed by atoms with van der Waals surface area (Å²) >= 11 is 0. The standard InChI is InChI=1S/C11H22N2O/c12-8-11(3-1-4-11)9-13-6-10-2-5-14-7-10/h10,13H,1-9,12H2. The van der Waals surface area contributed by atoms with Crippen LogP contribution >= 0.6 is 0 Å². The van der Waals surface area contributed by atoms with E-state index in [9.17, 15) is 0 Å². The number of nitrogens with one attached hydrogen (secondary N) is 1. The predicted octanol–water partition coefficient (Wildman–Crippen LogP) is 0.741. The van der Waals surface area contributed by atoms with Crippen LogP contribution < -0.4 is 11.1 Å². The van der Waals surface area contributed by atoms with Gasteiger partial charge in [0.2, 0.25) is 0 Å². The highest BCUT2D eigenvalue weighted by molar-refractivity contribution is 4.90. The Bertz CT molecular complexity index is 169. The summed E-state index contributed by atoms with van der Waals surface area (Å²) in [6.07, 6.45) is 5.23. The van der Waals surface area contributed by atoms with E-state index in [0.717, 1.165) is 38.8 Å². The summed E-state index contributed by atoms with van der Waals surface area (Å²) in [5.74, 6) is 0.741. The smallest absolute Gasteiger partial charge is 0.0507 e. The van der Waals surface area contributed by atoms with Crippen molar-refractivity contribution in [2.45, 2.75) is 25.7 Å². The number of hydrogen-bond donors (Lipinski definition) is 2. The van der Waals surface area contributed by atoms with Crippen LogP contribution in [0.2, 0.25) is 0 Å². The Labute approximate surface area is 86.4 Å². The average Bonchev–Trinajstić information content (AvgIpc) is 2.62. The van der Waals surface area contributed by atoms with E-state index < -0.39 is 0 Å². The summed E-state index contributed by atoms with van der Waals surface area (Å²) in [5, 5.41) is 3.56. The molecule has 14 heavy (non-hydrogen) atoms. The summed E-state index contributed by atoms with van der Waals surface area (Å²) in [6, 6.07) is 0. The minimum absolute atomic E-state index is 0.444. The van der Waals surface area contributed by atoms with Gasteiger partial charge in [0.1, 0.15) is 0 Å². The fraction of sp³-hybridized carbons (Fsp3) is 1.00. The number of hydrogen-bond acceptors (Lipinski definition) is 3. The molecule has 0 amide bonds. The first-order valence-corrected chi connectivity index (χ1v) is 5.83. The van der Waals surface area contributed by atoms with Crippen molar-refractivity contribution in [2.75, 3.05) is 32.8 Å². The first-order valence-electron chi connectivity index (χ1n) is 5.83. The summed E-state index contributed by atoms with van der Waals surface area (Å²) < 4.78 is 5.34. The molecule has 1 unspecified atom stereocenters. The SMILES string of the molecule is NCC1(CNCC2CCOC2)CCC1. The van der Waals surface area contributed by atoms with Gasteiger partial charge in [-0.2, -0.15) is 0 Å². The van der Waals surface area contributed by atoms with Crippen LogP contribution in [0.5, 0.6) is 0 Å². The van der Waals surface area contributed by atoms with Crippen LogP contribution in [0.4, 0.5) is 0 Å². The minimum Gasteiger partial charge on any atom is -0.381 e. The van der Waals surface area contributed by atoms with E-state index in [1.165, 1.54) is 25.7 Å². The molecule has 1 atom stereocenters. The molecule has 82 valence electrons. The van der Waals surface area contributed by atoms with E-state index in [1.807, 2.05) is 0 Å². The van der Waals surface area contributed by atoms with E-state index in [2.05, 4.69) is 5.32 Å². The van der Waals surface area contributed by atoms with Crippen molar-refractivity contribution in [3.05, 3.63) is 0 Å². The molecule has 1 saturated carbocycles. The van der Waals surface area contributed by atoms with Gasteiger partial charge < -0.3 is 15.8 Å². The molecule has 0 aromatic heterocycles. The zero-order valence-corrected chi connectivity index (χ0v) is 8.93. The van der Waals surface area contributed by atoms with Crippen LogP contribution in [0.3, 0.4) is 0 Å². The maximum Gasteiger partial charge on any atom is 0.0507 e. The maximum atomic E-state index is 5.80. The molecule has 2 rings (SSSR count). The molecular formula is C11H22N2O. The van der Waals surface area contributed by atoms with Crippen molar-refractivity contribution in [3.8, 4) is 0 Å². The lowest BCUT2D eigenvalue weighted by atomic mass is 9.69. The third-order valence-corrected chi connectivity index (χ3v) is 3.80. The predicted molar refractivity (Wildman–Crippen MR) is 57.1 cm³/mol. The average molecular weight is 198 g/mol. The van der Waals surface area contributed by atoms with E-state index in [4.69, 9.17) is 10.5 Å². The number of rotatable bonds is 5. The Morgan fingerprint density at radius 1 is 1.43 bits per heavy atom. The molecule has 2 fully saturated rings. The Balaban J connectivity index is 1.61. The lowest BCUT2D eigenvalue weighted by Crippen LogP contribution is -2.46. The minimum atomic E-state index is 0.444. The van der Waals surface area contributed by atoms with Gasteiger partial charge in [-0.25, -0.2) is 0 Å². The second-order valence-electron chi connectivity index (χ2n) is 4.92. The lowest BCUT2D eigenvalue weighted by Gasteiger charge is -2.41. The highest BCUT2D eigenvalue weighted by Crippen LogP contribution is 2.39. The summed E-state index contributed by atoms with van der Waals surface area (Å²) in [5.41, 5.74) is 6.24. The first-order chi connectivity index (χ1) is 6.85. The first kappa shape index (κ1) is 10.4. The molecule has 1 heterocycles. The van der Waals surface area contributed by atoms with Gasteiger partial charge in [-0.15, -0.1) is 0 Å². The van der Waals surface area contributed by atoms with Crippen molar-refractivity contribution in [3.63, 3.8) is 0 Å². The molecule has 1 aliphatic heterocycles. The summed E-state index contributed by atoms with van der Waals surface area (Å²) in [6.45, 7) is 4.97. The van der Waals surface area contributed by atoms with Gasteiger partial charge in [0.15, 0.2) is 0 Å². The van der Waals surface area contributed by atoms with Crippen LogP contribution in [0.1, 0.15) is 25.7 Å². The highest BCUT2D eigenvalue weighted by Gasteiger charge is 2.35. The molecule has 0 aromatic carbocycles. The molecule has 0 aromatic rings. The van der Waals surface area contributed by atoms with Crippen molar-refractivity contribution < 1.29 is 4.74 Å². The number of ether oxygens (including phenoxy) is 1. The zero-order chi connectivity index (χ0) is 9.86. The Morgan fingerprint density at radius 3 is 2.79 bits per heavy atom. The van der Waals surface area contributed by atoms with Gasteiger partial charge in [-0.3, -0.25) is 0 Å². The fourth-order valence-corrected chi connectivity index (χ4v) is 2.42. The van der Waals surface area contributed by atoms with E-state index in [1.54, 1.807) is 0 Å². The monoisotopic (exact) mass is 198 g/mol. The van der Waals surface area contributed by atoms with E-state index >= 15 is 0 Å². The quantitative estimate of drug-likeness (QED) is 0.685. The molecule has 1 saturated heterocycles. The van der Waals surface area contributed by atoms with Crippen LogP contribution in [0, 0.1) is 11.3 Å². The van der Waals surface area contributed by atoms with Gasteiger partial charge >= 0.3 is 0 Å². The van der Waals surface area contributed by atoms with Gasteiger partial charge in [0.25, 0.3) is 0 Å². The lowest BCUT2D eigenvalue weighted by molar-refractivity contribution is 0.137. The molecule has 3 nitrogen and oxygen atoms in total. The number of nitrogens with two attached hydrogens (primary N) is 1. The van der Waals surface area contributed by atoms with Crippen molar-refractivity contribution in [1.29, 1.82) is 0 Å². The highest BCUT2D eigenvalue weighted by atomic mass is 16.5. The Hall–Kier alpha value is -0.120. The van der Waals surface area contributed by atoms with Crippen molar-refractivity contribution in [2.24, 2.45) is 17.1 Å².